The number of carbonyl (C=O) groups is 2. The van der Waals surface area contributed by atoms with E-state index in [0.717, 1.165) is 45.3 Å². The highest BCUT2D eigenvalue weighted by molar-refractivity contribution is 6.00. The average Bonchev–Trinajstić information content (AvgIpc) is 3.11. The average molecular weight is 386 g/mol. The number of benzene rings is 1. The molecule has 0 saturated carbocycles. The fraction of sp³-hybridized carbons (Fsp3) is 0.619. The molecule has 28 heavy (non-hydrogen) atoms. The predicted octanol–water partition coefficient (Wildman–Crippen LogP) is 1.86. The van der Waals surface area contributed by atoms with Crippen molar-refractivity contribution in [1.82, 2.24) is 24.9 Å². The summed E-state index contributed by atoms with van der Waals surface area (Å²) in [6.07, 6.45) is 3.72. The molecule has 3 aliphatic heterocycles. The lowest BCUT2D eigenvalue weighted by atomic mass is 10.1. The number of urea groups is 1. The minimum Gasteiger partial charge on any atom is -0.310 e. The Labute approximate surface area is 167 Å². The molecule has 3 saturated heterocycles. The molecule has 7 heteroatoms. The standard InChI is InChI=1S/C21H31N5O2/c1-3-4-8-13-26-19(27)17-18(23(2)21(26)28)22-20-24(12-9-14-25(17)20)15-16-10-6-5-7-11-16/h5-7,10-11,17-18,20,22H,3-4,8-9,12-15H2,1-2H3. The van der Waals surface area contributed by atoms with E-state index in [1.807, 2.05) is 13.1 Å². The quantitative estimate of drug-likeness (QED) is 0.758. The maximum atomic E-state index is 13.3. The lowest BCUT2D eigenvalue weighted by Gasteiger charge is -2.43. The van der Waals surface area contributed by atoms with Crippen LogP contribution in [0.3, 0.4) is 0 Å². The third-order valence-corrected chi connectivity index (χ3v) is 6.18. The second kappa shape index (κ2) is 8.19. The number of likely N-dealkylation sites (N-methyl/N-ethyl adjacent to an activating group) is 1. The van der Waals surface area contributed by atoms with Gasteiger partial charge < -0.3 is 4.90 Å². The predicted molar refractivity (Wildman–Crippen MR) is 107 cm³/mol. The summed E-state index contributed by atoms with van der Waals surface area (Å²) in [5.74, 6) is -0.0410. The molecule has 3 fully saturated rings. The molecule has 0 radical (unpaired) electrons. The van der Waals surface area contributed by atoms with Crippen molar-refractivity contribution in [2.45, 2.75) is 57.6 Å². The third kappa shape index (κ3) is 3.43. The van der Waals surface area contributed by atoms with Crippen molar-refractivity contribution in [2.75, 3.05) is 26.7 Å². The maximum absolute atomic E-state index is 13.3. The molecule has 3 amide bonds. The van der Waals surface area contributed by atoms with E-state index in [-0.39, 0.29) is 30.4 Å². The van der Waals surface area contributed by atoms with E-state index in [0.29, 0.717) is 6.54 Å². The Bertz CT molecular complexity index is 712. The molecule has 152 valence electrons. The zero-order chi connectivity index (χ0) is 19.7. The zero-order valence-electron chi connectivity index (χ0n) is 16.9. The van der Waals surface area contributed by atoms with Crippen molar-refractivity contribution in [2.24, 2.45) is 0 Å². The fourth-order valence-electron chi connectivity index (χ4n) is 4.70. The fourth-order valence-corrected chi connectivity index (χ4v) is 4.70. The molecule has 1 N–H and O–H groups in total. The van der Waals surface area contributed by atoms with Crippen LogP contribution < -0.4 is 5.32 Å². The van der Waals surface area contributed by atoms with Crippen LogP contribution in [0.1, 0.15) is 38.2 Å². The molecule has 4 rings (SSSR count). The smallest absolute Gasteiger partial charge is 0.310 e. The highest BCUT2D eigenvalue weighted by atomic mass is 16.2. The summed E-state index contributed by atoms with van der Waals surface area (Å²) in [7, 11) is 1.81. The van der Waals surface area contributed by atoms with Crippen LogP contribution in [-0.2, 0) is 11.3 Å². The Balaban J connectivity index is 1.53. The summed E-state index contributed by atoms with van der Waals surface area (Å²) >= 11 is 0. The van der Waals surface area contributed by atoms with E-state index >= 15 is 0 Å². The van der Waals surface area contributed by atoms with Gasteiger partial charge in [0.2, 0.25) is 0 Å². The molecule has 0 aromatic heterocycles. The number of amides is 3. The summed E-state index contributed by atoms with van der Waals surface area (Å²) in [6.45, 7) is 5.34. The lowest BCUT2D eigenvalue weighted by molar-refractivity contribution is -0.140. The first-order valence-corrected chi connectivity index (χ1v) is 10.5. The van der Waals surface area contributed by atoms with Crippen molar-refractivity contribution in [3.63, 3.8) is 0 Å². The van der Waals surface area contributed by atoms with Gasteiger partial charge in [-0.15, -0.1) is 0 Å². The van der Waals surface area contributed by atoms with Gasteiger partial charge in [0.15, 0.2) is 0 Å². The van der Waals surface area contributed by atoms with Crippen molar-refractivity contribution in [3.05, 3.63) is 35.9 Å². The largest absolute Gasteiger partial charge is 0.327 e. The number of imide groups is 1. The molecule has 1 aromatic carbocycles. The van der Waals surface area contributed by atoms with Crippen molar-refractivity contribution < 1.29 is 9.59 Å². The maximum Gasteiger partial charge on any atom is 0.327 e. The van der Waals surface area contributed by atoms with Crippen molar-refractivity contribution in [3.8, 4) is 0 Å². The molecule has 3 heterocycles. The van der Waals surface area contributed by atoms with E-state index in [1.165, 1.54) is 10.5 Å². The molecule has 0 aliphatic carbocycles. The van der Waals surface area contributed by atoms with Gasteiger partial charge >= 0.3 is 6.03 Å². The Kier molecular flexibility index (Phi) is 5.66. The Morgan fingerprint density at radius 1 is 1.11 bits per heavy atom. The van der Waals surface area contributed by atoms with E-state index in [2.05, 4.69) is 46.3 Å². The number of rotatable bonds is 6. The van der Waals surface area contributed by atoms with Crippen LogP contribution in [0.2, 0.25) is 0 Å². The normalized spacial score (nSPS) is 28.6. The highest BCUT2D eigenvalue weighted by Crippen LogP contribution is 2.31. The molecular weight excluding hydrogens is 354 g/mol. The molecule has 7 nitrogen and oxygen atoms in total. The summed E-state index contributed by atoms with van der Waals surface area (Å²) in [4.78, 5) is 33.9. The number of hydrogen-bond acceptors (Lipinski definition) is 5. The molecular formula is C21H31N5O2. The number of fused-ring (bicyclic) bond motifs is 3. The van der Waals surface area contributed by atoms with Gasteiger partial charge in [-0.25, -0.2) is 4.79 Å². The number of nitrogens with one attached hydrogen (secondary N) is 1. The van der Waals surface area contributed by atoms with Gasteiger partial charge in [0.25, 0.3) is 5.91 Å². The van der Waals surface area contributed by atoms with Gasteiger partial charge in [0, 0.05) is 33.2 Å². The number of hydrogen-bond donors (Lipinski definition) is 1. The van der Waals surface area contributed by atoms with Crippen LogP contribution in [0.15, 0.2) is 30.3 Å². The van der Waals surface area contributed by atoms with Gasteiger partial charge in [-0.3, -0.25) is 24.8 Å². The summed E-state index contributed by atoms with van der Waals surface area (Å²) < 4.78 is 0. The topological polar surface area (TPSA) is 59.1 Å². The first kappa shape index (κ1) is 19.4. The minimum absolute atomic E-state index is 0.0150. The molecule has 1 aromatic rings. The Morgan fingerprint density at radius 3 is 2.64 bits per heavy atom. The van der Waals surface area contributed by atoms with Gasteiger partial charge in [0.05, 0.1) is 0 Å². The third-order valence-electron chi connectivity index (χ3n) is 6.18. The second-order valence-electron chi connectivity index (χ2n) is 8.07. The van der Waals surface area contributed by atoms with Crippen LogP contribution in [0.5, 0.6) is 0 Å². The summed E-state index contributed by atoms with van der Waals surface area (Å²) in [5.41, 5.74) is 1.26. The van der Waals surface area contributed by atoms with Gasteiger partial charge in [-0.05, 0) is 18.4 Å². The van der Waals surface area contributed by atoms with E-state index in [4.69, 9.17) is 0 Å². The minimum atomic E-state index is -0.298. The molecule has 3 unspecified atom stereocenters. The Hall–Kier alpha value is -1.96. The van der Waals surface area contributed by atoms with Crippen LogP contribution in [0.4, 0.5) is 4.79 Å². The SMILES string of the molecule is CCCCCN1C(=O)C2C(NC3N(Cc4ccccc4)CCCN23)N(C)C1=O. The van der Waals surface area contributed by atoms with Crippen LogP contribution in [0.25, 0.3) is 0 Å². The number of unbranched alkanes of at least 4 members (excludes halogenated alkanes) is 2. The van der Waals surface area contributed by atoms with Gasteiger partial charge in [-0.1, -0.05) is 50.1 Å². The Morgan fingerprint density at radius 2 is 1.89 bits per heavy atom. The van der Waals surface area contributed by atoms with Crippen LogP contribution in [-0.4, -0.2) is 76.7 Å². The van der Waals surface area contributed by atoms with E-state index in [1.54, 1.807) is 4.90 Å². The lowest BCUT2D eigenvalue weighted by Crippen LogP contribution is -2.66. The molecule has 3 atom stereocenters. The highest BCUT2D eigenvalue weighted by Gasteiger charge is 2.55. The number of carbonyl (C=O) groups excluding carboxylic acids is 2. The molecule has 3 aliphatic rings. The molecule has 0 bridgehead atoms. The van der Waals surface area contributed by atoms with E-state index < -0.39 is 0 Å². The van der Waals surface area contributed by atoms with Gasteiger partial charge in [-0.2, -0.15) is 0 Å². The number of nitrogens with zero attached hydrogens (tertiary/aromatic N) is 4. The molecule has 0 spiro atoms. The van der Waals surface area contributed by atoms with Crippen molar-refractivity contribution in [1.29, 1.82) is 0 Å². The monoisotopic (exact) mass is 385 g/mol. The van der Waals surface area contributed by atoms with Gasteiger partial charge in [0.1, 0.15) is 18.5 Å². The zero-order valence-corrected chi connectivity index (χ0v) is 16.9. The van der Waals surface area contributed by atoms with Crippen LogP contribution >= 0.6 is 0 Å². The summed E-state index contributed by atoms with van der Waals surface area (Å²) in [5, 5.41) is 3.57. The first-order valence-electron chi connectivity index (χ1n) is 10.5. The first-order chi connectivity index (χ1) is 13.6. The van der Waals surface area contributed by atoms with Crippen LogP contribution in [0, 0.1) is 0 Å². The van der Waals surface area contributed by atoms with E-state index in [9.17, 15) is 9.59 Å². The van der Waals surface area contributed by atoms with Crippen molar-refractivity contribution >= 4 is 11.9 Å². The second-order valence-corrected chi connectivity index (χ2v) is 8.07. The summed E-state index contributed by atoms with van der Waals surface area (Å²) in [6, 6.07) is 9.94.